The van der Waals surface area contributed by atoms with Crippen molar-refractivity contribution in [3.05, 3.63) is 18.0 Å². The number of hydrogen-bond acceptors (Lipinski definition) is 4. The summed E-state index contributed by atoms with van der Waals surface area (Å²) < 4.78 is 7.14. The number of nitrogens with one attached hydrogen (secondary N) is 1. The number of rotatable bonds is 6. The first-order valence-corrected chi connectivity index (χ1v) is 6.53. The molecule has 2 atom stereocenters. The summed E-state index contributed by atoms with van der Waals surface area (Å²) in [6.45, 7) is 4.22. The van der Waals surface area contributed by atoms with Crippen molar-refractivity contribution < 1.29 is 9.53 Å². The summed E-state index contributed by atoms with van der Waals surface area (Å²) in [5.41, 5.74) is 0.837. The number of Topliss-reactive ketones (excluding diaryl/α,β-unsaturated/α-hetero) is 1. The minimum absolute atomic E-state index is 0.0291. The summed E-state index contributed by atoms with van der Waals surface area (Å²) >= 11 is 0. The molecule has 18 heavy (non-hydrogen) atoms. The largest absolute Gasteiger partial charge is 0.379 e. The molecule has 1 aromatic heterocycles. The molecule has 2 unspecified atom stereocenters. The minimum atomic E-state index is -0.0291. The second kappa shape index (κ2) is 6.11. The molecule has 1 saturated heterocycles. The van der Waals surface area contributed by atoms with Crippen LogP contribution in [0.25, 0.3) is 0 Å². The van der Waals surface area contributed by atoms with Crippen LogP contribution in [0.2, 0.25) is 0 Å². The van der Waals surface area contributed by atoms with E-state index in [1.807, 2.05) is 19.3 Å². The lowest BCUT2D eigenvalue weighted by Gasteiger charge is -2.17. The van der Waals surface area contributed by atoms with Crippen molar-refractivity contribution in [1.82, 2.24) is 15.1 Å². The van der Waals surface area contributed by atoms with Gasteiger partial charge in [0, 0.05) is 19.3 Å². The third-order valence-electron chi connectivity index (χ3n) is 3.27. The number of ether oxygens (including phenoxy) is 1. The topological polar surface area (TPSA) is 56.1 Å². The molecule has 2 rings (SSSR count). The number of hydrogen-bond donors (Lipinski definition) is 1. The lowest BCUT2D eigenvalue weighted by atomic mass is 9.95. The second-order valence-corrected chi connectivity index (χ2v) is 4.83. The number of nitrogens with zero attached hydrogens (tertiary/aromatic N) is 2. The van der Waals surface area contributed by atoms with E-state index in [1.165, 1.54) is 0 Å². The Bertz CT molecular complexity index is 403. The van der Waals surface area contributed by atoms with Crippen molar-refractivity contribution in [2.45, 2.75) is 25.8 Å². The van der Waals surface area contributed by atoms with Crippen molar-refractivity contribution in [2.75, 3.05) is 19.8 Å². The molecule has 1 aliphatic rings. The first-order valence-electron chi connectivity index (χ1n) is 6.53. The van der Waals surface area contributed by atoms with Crippen LogP contribution < -0.4 is 5.32 Å². The van der Waals surface area contributed by atoms with Gasteiger partial charge in [0.1, 0.15) is 5.78 Å². The predicted molar refractivity (Wildman–Crippen MR) is 68.3 cm³/mol. The Morgan fingerprint density at radius 3 is 3.11 bits per heavy atom. The van der Waals surface area contributed by atoms with Gasteiger partial charge in [-0.15, -0.1) is 0 Å². The Kier molecular flexibility index (Phi) is 4.49. The van der Waals surface area contributed by atoms with E-state index in [0.29, 0.717) is 19.6 Å². The molecule has 1 fully saturated rings. The van der Waals surface area contributed by atoms with Gasteiger partial charge in [0.05, 0.1) is 31.2 Å². The zero-order valence-corrected chi connectivity index (χ0v) is 11.1. The Morgan fingerprint density at radius 1 is 1.61 bits per heavy atom. The van der Waals surface area contributed by atoms with Gasteiger partial charge in [0.15, 0.2) is 0 Å². The normalized spacial score (nSPS) is 23.4. The minimum Gasteiger partial charge on any atom is -0.379 e. The molecule has 5 heteroatoms. The second-order valence-electron chi connectivity index (χ2n) is 4.83. The van der Waals surface area contributed by atoms with E-state index in [0.717, 1.165) is 18.7 Å². The van der Waals surface area contributed by atoms with Gasteiger partial charge in [0.25, 0.3) is 0 Å². The summed E-state index contributed by atoms with van der Waals surface area (Å²) in [4.78, 5) is 12.2. The van der Waals surface area contributed by atoms with Crippen molar-refractivity contribution in [3.63, 3.8) is 0 Å². The van der Waals surface area contributed by atoms with E-state index in [-0.39, 0.29) is 17.7 Å². The average molecular weight is 251 g/mol. The highest BCUT2D eigenvalue weighted by atomic mass is 16.5. The van der Waals surface area contributed by atoms with Gasteiger partial charge in [-0.25, -0.2) is 0 Å². The van der Waals surface area contributed by atoms with Crippen LogP contribution in [0, 0.1) is 5.92 Å². The molecule has 0 bridgehead atoms. The monoisotopic (exact) mass is 251 g/mol. The van der Waals surface area contributed by atoms with Crippen molar-refractivity contribution in [1.29, 1.82) is 0 Å². The van der Waals surface area contributed by atoms with Crippen LogP contribution in [-0.4, -0.2) is 41.4 Å². The van der Waals surface area contributed by atoms with E-state index in [4.69, 9.17) is 4.74 Å². The highest BCUT2D eigenvalue weighted by molar-refractivity contribution is 5.84. The van der Waals surface area contributed by atoms with Gasteiger partial charge in [-0.3, -0.25) is 9.48 Å². The number of aryl methyl sites for hydroxylation is 1. The molecule has 0 amide bonds. The van der Waals surface area contributed by atoms with Crippen molar-refractivity contribution in [3.8, 4) is 0 Å². The fraction of sp³-hybridized carbons (Fsp3) is 0.692. The molecule has 2 heterocycles. The molecule has 1 aromatic rings. The van der Waals surface area contributed by atoms with Crippen LogP contribution in [0.3, 0.4) is 0 Å². The molecule has 1 N–H and O–H groups in total. The fourth-order valence-corrected chi connectivity index (χ4v) is 2.27. The SMILES string of the molecule is CCCNC1COCC1C(=O)Cc1ccn(C)n1. The number of ketones is 1. The smallest absolute Gasteiger partial charge is 0.145 e. The predicted octanol–water partition coefficient (Wildman–Crippen LogP) is 0.546. The highest BCUT2D eigenvalue weighted by Gasteiger charge is 2.33. The molecule has 0 aromatic carbocycles. The van der Waals surface area contributed by atoms with Crippen LogP contribution in [0.5, 0.6) is 0 Å². The zero-order chi connectivity index (χ0) is 13.0. The summed E-state index contributed by atoms with van der Waals surface area (Å²) in [5, 5.41) is 7.63. The molecule has 0 radical (unpaired) electrons. The number of aromatic nitrogens is 2. The number of carbonyl (C=O) groups is 1. The number of carbonyl (C=O) groups excluding carboxylic acids is 1. The molecule has 0 aliphatic carbocycles. The van der Waals surface area contributed by atoms with Crippen molar-refractivity contribution >= 4 is 5.78 Å². The maximum absolute atomic E-state index is 12.2. The summed E-state index contributed by atoms with van der Waals surface area (Å²) in [5.74, 6) is 0.193. The highest BCUT2D eigenvalue weighted by Crippen LogP contribution is 2.17. The quantitative estimate of drug-likeness (QED) is 0.802. The first-order chi connectivity index (χ1) is 8.70. The Hall–Kier alpha value is -1.20. The molecular formula is C13H21N3O2. The molecule has 100 valence electrons. The first kappa shape index (κ1) is 13.2. The van der Waals surface area contributed by atoms with Crippen LogP contribution in [0.15, 0.2) is 12.3 Å². The lowest BCUT2D eigenvalue weighted by Crippen LogP contribution is -2.40. The third-order valence-corrected chi connectivity index (χ3v) is 3.27. The molecular weight excluding hydrogens is 230 g/mol. The third kappa shape index (κ3) is 3.17. The summed E-state index contributed by atoms with van der Waals surface area (Å²) in [7, 11) is 1.86. The Balaban J connectivity index is 1.91. The molecule has 1 aliphatic heterocycles. The Labute approximate surface area is 108 Å². The van der Waals surface area contributed by atoms with E-state index < -0.39 is 0 Å². The van der Waals surface area contributed by atoms with E-state index in [9.17, 15) is 4.79 Å². The van der Waals surface area contributed by atoms with Gasteiger partial charge >= 0.3 is 0 Å². The van der Waals surface area contributed by atoms with Crippen LogP contribution in [0.1, 0.15) is 19.0 Å². The summed E-state index contributed by atoms with van der Waals surface area (Å²) in [6.07, 6.45) is 3.33. The zero-order valence-electron chi connectivity index (χ0n) is 11.1. The van der Waals surface area contributed by atoms with Crippen LogP contribution >= 0.6 is 0 Å². The lowest BCUT2D eigenvalue weighted by molar-refractivity contribution is -0.122. The van der Waals surface area contributed by atoms with E-state index in [2.05, 4.69) is 17.3 Å². The molecule has 0 spiro atoms. The average Bonchev–Trinajstić information content (AvgIpc) is 2.95. The van der Waals surface area contributed by atoms with Gasteiger partial charge in [-0.05, 0) is 19.0 Å². The van der Waals surface area contributed by atoms with Crippen molar-refractivity contribution in [2.24, 2.45) is 13.0 Å². The Morgan fingerprint density at radius 2 is 2.44 bits per heavy atom. The molecule has 5 nitrogen and oxygen atoms in total. The van der Waals surface area contributed by atoms with E-state index in [1.54, 1.807) is 4.68 Å². The standard InChI is InChI=1S/C13H21N3O2/c1-3-5-14-12-9-18-8-11(12)13(17)7-10-4-6-16(2)15-10/h4,6,11-12,14H,3,5,7-9H2,1-2H3. The van der Waals surface area contributed by atoms with Gasteiger partial charge in [0.2, 0.25) is 0 Å². The van der Waals surface area contributed by atoms with Gasteiger partial charge in [-0.1, -0.05) is 6.92 Å². The summed E-state index contributed by atoms with van der Waals surface area (Å²) in [6, 6.07) is 2.06. The van der Waals surface area contributed by atoms with Crippen LogP contribution in [0.4, 0.5) is 0 Å². The van der Waals surface area contributed by atoms with E-state index >= 15 is 0 Å². The molecule has 0 saturated carbocycles. The maximum Gasteiger partial charge on any atom is 0.145 e. The van der Waals surface area contributed by atoms with Gasteiger partial charge in [-0.2, -0.15) is 5.10 Å². The fourth-order valence-electron chi connectivity index (χ4n) is 2.27. The van der Waals surface area contributed by atoms with Gasteiger partial charge < -0.3 is 10.1 Å². The maximum atomic E-state index is 12.2. The van der Waals surface area contributed by atoms with Crippen LogP contribution in [-0.2, 0) is 23.0 Å².